The Balaban J connectivity index is 2.29. The first-order valence-electron chi connectivity index (χ1n) is 7.89. The number of carboxylic acids is 1. The summed E-state index contributed by atoms with van der Waals surface area (Å²) in [4.78, 5) is 24.3. The third-order valence-electron chi connectivity index (χ3n) is 3.88. The molecule has 0 saturated carbocycles. The van der Waals surface area contributed by atoms with Gasteiger partial charge in [0.25, 0.3) is 5.91 Å². The first kappa shape index (κ1) is 18.0. The van der Waals surface area contributed by atoms with Gasteiger partial charge in [0.15, 0.2) is 0 Å². The van der Waals surface area contributed by atoms with Crippen LogP contribution in [0.25, 0.3) is 0 Å². The molecule has 0 spiro atoms. The van der Waals surface area contributed by atoms with Crippen molar-refractivity contribution in [3.63, 3.8) is 0 Å². The third kappa shape index (κ3) is 6.61. The molecule has 1 aliphatic heterocycles. The number of rotatable bonds is 8. The number of carbonyl (C=O) groups excluding carboxylic acids is 1. The highest BCUT2D eigenvalue weighted by atomic mass is 16.4. The van der Waals surface area contributed by atoms with E-state index in [9.17, 15) is 9.59 Å². The second kappa shape index (κ2) is 9.82. The van der Waals surface area contributed by atoms with Crippen molar-refractivity contribution in [1.29, 1.82) is 5.26 Å². The number of hydrogen-bond donors (Lipinski definition) is 2. The van der Waals surface area contributed by atoms with Gasteiger partial charge < -0.3 is 15.3 Å². The lowest BCUT2D eigenvalue weighted by molar-refractivity contribution is -0.137. The molecule has 0 atom stereocenters. The average Bonchev–Trinajstić information content (AvgIpc) is 2.50. The molecule has 1 saturated heterocycles. The Kier molecular flexibility index (Phi) is 8.05. The van der Waals surface area contributed by atoms with E-state index in [1.165, 1.54) is 6.20 Å². The van der Waals surface area contributed by atoms with Crippen LogP contribution in [-0.2, 0) is 9.59 Å². The lowest BCUT2D eigenvalue weighted by Crippen LogP contribution is -2.38. The first-order chi connectivity index (χ1) is 10.5. The molecule has 1 amide bonds. The minimum Gasteiger partial charge on any atom is -0.481 e. The van der Waals surface area contributed by atoms with E-state index in [-0.39, 0.29) is 17.9 Å². The molecule has 1 fully saturated rings. The second-order valence-electron chi connectivity index (χ2n) is 5.80. The van der Waals surface area contributed by atoms with Gasteiger partial charge in [-0.1, -0.05) is 13.3 Å². The highest BCUT2D eigenvalue weighted by molar-refractivity contribution is 5.97. The molecule has 0 aromatic rings. The lowest BCUT2D eigenvalue weighted by Gasteiger charge is -2.30. The van der Waals surface area contributed by atoms with Gasteiger partial charge in [0.2, 0.25) is 0 Å². The maximum Gasteiger partial charge on any atom is 0.303 e. The zero-order valence-corrected chi connectivity index (χ0v) is 13.2. The molecule has 1 rings (SSSR count). The van der Waals surface area contributed by atoms with Gasteiger partial charge in [0.1, 0.15) is 11.6 Å². The van der Waals surface area contributed by atoms with Crippen molar-refractivity contribution in [2.45, 2.75) is 45.4 Å². The van der Waals surface area contributed by atoms with Gasteiger partial charge >= 0.3 is 5.97 Å². The van der Waals surface area contributed by atoms with Crippen LogP contribution in [0.3, 0.4) is 0 Å². The summed E-state index contributed by atoms with van der Waals surface area (Å²) in [6.45, 7) is 4.24. The number of likely N-dealkylation sites (tertiary alicyclic amines) is 1. The number of nitrogens with one attached hydrogen (secondary N) is 1. The number of nitriles is 1. The SMILES string of the molecule is CC1CCN(C(=O)/C(C#N)=C\NCCCCCC(=O)O)CC1. The second-order valence-corrected chi connectivity index (χ2v) is 5.80. The van der Waals surface area contributed by atoms with Crippen molar-refractivity contribution in [1.82, 2.24) is 10.2 Å². The average molecular weight is 307 g/mol. The van der Waals surface area contributed by atoms with Gasteiger partial charge in [-0.25, -0.2) is 0 Å². The highest BCUT2D eigenvalue weighted by Crippen LogP contribution is 2.17. The third-order valence-corrected chi connectivity index (χ3v) is 3.88. The topological polar surface area (TPSA) is 93.4 Å². The normalized spacial score (nSPS) is 16.2. The predicted octanol–water partition coefficient (Wildman–Crippen LogP) is 1.89. The fraction of sp³-hybridized carbons (Fsp3) is 0.688. The summed E-state index contributed by atoms with van der Waals surface area (Å²) in [7, 11) is 0. The van der Waals surface area contributed by atoms with Crippen LogP contribution in [0.15, 0.2) is 11.8 Å². The molecule has 0 aromatic heterocycles. The van der Waals surface area contributed by atoms with Gasteiger partial charge in [-0.15, -0.1) is 0 Å². The van der Waals surface area contributed by atoms with Gasteiger partial charge in [0.05, 0.1) is 0 Å². The maximum atomic E-state index is 12.2. The number of piperidine rings is 1. The van der Waals surface area contributed by atoms with Crippen LogP contribution in [-0.4, -0.2) is 41.5 Å². The molecule has 22 heavy (non-hydrogen) atoms. The van der Waals surface area contributed by atoms with Crippen LogP contribution in [0.5, 0.6) is 0 Å². The van der Waals surface area contributed by atoms with Crippen molar-refractivity contribution in [3.05, 3.63) is 11.8 Å². The molecule has 0 radical (unpaired) electrons. The summed E-state index contributed by atoms with van der Waals surface area (Å²) < 4.78 is 0. The van der Waals surface area contributed by atoms with Crippen molar-refractivity contribution < 1.29 is 14.7 Å². The molecule has 0 aromatic carbocycles. The fourth-order valence-corrected chi connectivity index (χ4v) is 2.38. The Morgan fingerprint density at radius 1 is 1.32 bits per heavy atom. The smallest absolute Gasteiger partial charge is 0.303 e. The Hall–Kier alpha value is -2.03. The Morgan fingerprint density at radius 3 is 2.59 bits per heavy atom. The van der Waals surface area contributed by atoms with Crippen LogP contribution in [0.4, 0.5) is 0 Å². The van der Waals surface area contributed by atoms with Gasteiger partial charge in [-0.2, -0.15) is 5.26 Å². The molecule has 0 unspecified atom stereocenters. The number of hydrogen-bond acceptors (Lipinski definition) is 4. The van der Waals surface area contributed by atoms with Crippen molar-refractivity contribution in [3.8, 4) is 6.07 Å². The van der Waals surface area contributed by atoms with E-state index in [2.05, 4.69) is 12.2 Å². The molecule has 6 nitrogen and oxygen atoms in total. The monoisotopic (exact) mass is 307 g/mol. The van der Waals surface area contributed by atoms with E-state index in [0.717, 1.165) is 25.7 Å². The number of unbranched alkanes of at least 4 members (excludes halogenated alkanes) is 2. The van der Waals surface area contributed by atoms with E-state index in [1.54, 1.807) is 4.90 Å². The van der Waals surface area contributed by atoms with E-state index in [1.807, 2.05) is 6.07 Å². The Bertz CT molecular complexity index is 446. The van der Waals surface area contributed by atoms with Gasteiger partial charge in [-0.05, 0) is 31.6 Å². The molecule has 6 heteroatoms. The minimum absolute atomic E-state index is 0.139. The Morgan fingerprint density at radius 2 is 2.00 bits per heavy atom. The molecule has 1 heterocycles. The summed E-state index contributed by atoms with van der Waals surface area (Å²) >= 11 is 0. The Labute approximate surface area is 131 Å². The van der Waals surface area contributed by atoms with E-state index in [0.29, 0.717) is 32.0 Å². The van der Waals surface area contributed by atoms with E-state index >= 15 is 0 Å². The summed E-state index contributed by atoms with van der Waals surface area (Å²) in [6, 6.07) is 1.96. The number of amides is 1. The summed E-state index contributed by atoms with van der Waals surface area (Å²) in [6.07, 6.45) is 5.92. The summed E-state index contributed by atoms with van der Waals surface area (Å²) in [5, 5.41) is 20.6. The van der Waals surface area contributed by atoms with Crippen LogP contribution in [0, 0.1) is 17.2 Å². The maximum absolute atomic E-state index is 12.2. The summed E-state index contributed by atoms with van der Waals surface area (Å²) in [5.74, 6) is -0.337. The van der Waals surface area contributed by atoms with Crippen LogP contribution < -0.4 is 5.32 Å². The zero-order chi connectivity index (χ0) is 16.4. The quantitative estimate of drug-likeness (QED) is 0.406. The molecule has 2 N–H and O–H groups in total. The number of carbonyl (C=O) groups is 2. The van der Waals surface area contributed by atoms with Gasteiger partial charge in [-0.3, -0.25) is 9.59 Å². The zero-order valence-electron chi connectivity index (χ0n) is 13.2. The standard InChI is InChI=1S/C16H25N3O3/c1-13-6-9-19(10-7-13)16(22)14(11-17)12-18-8-4-2-3-5-15(20)21/h12-13,18H,2-10H2,1H3,(H,20,21)/b14-12-. The lowest BCUT2D eigenvalue weighted by atomic mass is 9.99. The van der Waals surface area contributed by atoms with E-state index < -0.39 is 5.97 Å². The number of nitrogens with zero attached hydrogens (tertiary/aromatic N) is 2. The molecule has 1 aliphatic rings. The van der Waals surface area contributed by atoms with Gasteiger partial charge in [0, 0.05) is 32.3 Å². The summed E-state index contributed by atoms with van der Waals surface area (Å²) in [5.41, 5.74) is 0.139. The fourth-order valence-electron chi connectivity index (χ4n) is 2.38. The molecule has 122 valence electrons. The van der Waals surface area contributed by atoms with Crippen LogP contribution in [0.1, 0.15) is 45.4 Å². The number of carboxylic acid groups (broad SMARTS) is 1. The van der Waals surface area contributed by atoms with Crippen molar-refractivity contribution in [2.24, 2.45) is 5.92 Å². The minimum atomic E-state index is -0.777. The predicted molar refractivity (Wildman–Crippen MR) is 82.8 cm³/mol. The first-order valence-corrected chi connectivity index (χ1v) is 7.89. The van der Waals surface area contributed by atoms with Crippen molar-refractivity contribution in [2.75, 3.05) is 19.6 Å². The van der Waals surface area contributed by atoms with E-state index in [4.69, 9.17) is 10.4 Å². The van der Waals surface area contributed by atoms with Crippen LogP contribution >= 0.6 is 0 Å². The van der Waals surface area contributed by atoms with Crippen molar-refractivity contribution >= 4 is 11.9 Å². The van der Waals surface area contributed by atoms with Crippen LogP contribution in [0.2, 0.25) is 0 Å². The largest absolute Gasteiger partial charge is 0.481 e. The highest BCUT2D eigenvalue weighted by Gasteiger charge is 2.22. The molecular formula is C16H25N3O3. The number of aliphatic carboxylic acids is 1. The molecule has 0 bridgehead atoms. The molecule has 0 aliphatic carbocycles. The molecular weight excluding hydrogens is 282 g/mol.